The predicted molar refractivity (Wildman–Crippen MR) is 116 cm³/mol. The van der Waals surface area contributed by atoms with Crippen LogP contribution in [0.4, 0.5) is 5.69 Å². The van der Waals surface area contributed by atoms with Crippen LogP contribution < -0.4 is 11.1 Å². The summed E-state index contributed by atoms with van der Waals surface area (Å²) in [5.74, 6) is -1.24. The zero-order valence-electron chi connectivity index (χ0n) is 17.4. The standard InChI is InChI=1S/C23H38N2O3/c1-2-3-4-5-6-7-8-9-10-11-14-19(24)17-18-22(26)25-21-16-13-12-15-20(21)23(27)28/h12-13,15-16,19H,2-11,14,17-18,24H2,1H3,(H,25,26)(H,27,28). The van der Waals surface area contributed by atoms with Gasteiger partial charge in [-0.15, -0.1) is 0 Å². The second-order valence-corrected chi connectivity index (χ2v) is 7.67. The molecule has 1 atom stereocenters. The topological polar surface area (TPSA) is 92.4 Å². The molecular formula is C23H38N2O3. The van der Waals surface area contributed by atoms with E-state index >= 15 is 0 Å². The van der Waals surface area contributed by atoms with E-state index in [4.69, 9.17) is 10.8 Å². The number of carboxylic acid groups (broad SMARTS) is 1. The summed E-state index contributed by atoms with van der Waals surface area (Å²) in [6.07, 6.45) is 14.9. The van der Waals surface area contributed by atoms with E-state index < -0.39 is 5.97 Å². The number of carbonyl (C=O) groups excluding carboxylic acids is 1. The van der Waals surface area contributed by atoms with Crippen molar-refractivity contribution in [3.8, 4) is 0 Å². The Morgan fingerprint density at radius 2 is 1.50 bits per heavy atom. The third kappa shape index (κ3) is 11.1. The molecule has 4 N–H and O–H groups in total. The molecule has 28 heavy (non-hydrogen) atoms. The molecule has 0 bridgehead atoms. The van der Waals surface area contributed by atoms with E-state index in [0.717, 1.165) is 12.8 Å². The number of rotatable bonds is 16. The van der Waals surface area contributed by atoms with Crippen LogP contribution in [0.15, 0.2) is 24.3 Å². The number of benzene rings is 1. The van der Waals surface area contributed by atoms with Crippen LogP contribution in [0.5, 0.6) is 0 Å². The Bertz CT molecular complexity index is 575. The van der Waals surface area contributed by atoms with Crippen molar-refractivity contribution in [1.29, 1.82) is 0 Å². The highest BCUT2D eigenvalue weighted by Crippen LogP contribution is 2.16. The van der Waals surface area contributed by atoms with Crippen molar-refractivity contribution in [1.82, 2.24) is 0 Å². The number of nitrogens with one attached hydrogen (secondary N) is 1. The Hall–Kier alpha value is -1.88. The van der Waals surface area contributed by atoms with Gasteiger partial charge in [-0.3, -0.25) is 4.79 Å². The molecule has 0 aliphatic carbocycles. The highest BCUT2D eigenvalue weighted by Gasteiger charge is 2.12. The first-order valence-electron chi connectivity index (χ1n) is 10.9. The van der Waals surface area contributed by atoms with Crippen molar-refractivity contribution in [2.24, 2.45) is 5.73 Å². The third-order valence-corrected chi connectivity index (χ3v) is 5.10. The van der Waals surface area contributed by atoms with Gasteiger partial charge in [-0.25, -0.2) is 4.79 Å². The highest BCUT2D eigenvalue weighted by atomic mass is 16.4. The van der Waals surface area contributed by atoms with Gasteiger partial charge in [0, 0.05) is 12.5 Å². The minimum Gasteiger partial charge on any atom is -0.478 e. The van der Waals surface area contributed by atoms with Gasteiger partial charge in [0.15, 0.2) is 0 Å². The van der Waals surface area contributed by atoms with E-state index in [2.05, 4.69) is 12.2 Å². The van der Waals surface area contributed by atoms with Crippen molar-refractivity contribution >= 4 is 17.6 Å². The number of anilines is 1. The Labute approximate surface area is 170 Å². The number of para-hydroxylation sites is 1. The summed E-state index contributed by atoms with van der Waals surface area (Å²) in [6.45, 7) is 2.25. The minimum atomic E-state index is -1.05. The summed E-state index contributed by atoms with van der Waals surface area (Å²) >= 11 is 0. The third-order valence-electron chi connectivity index (χ3n) is 5.10. The zero-order valence-corrected chi connectivity index (χ0v) is 17.4. The van der Waals surface area contributed by atoms with E-state index in [9.17, 15) is 9.59 Å². The number of unbranched alkanes of at least 4 members (excludes halogenated alkanes) is 9. The number of carbonyl (C=O) groups is 2. The molecule has 5 heteroatoms. The number of amides is 1. The van der Waals surface area contributed by atoms with Crippen molar-refractivity contribution in [3.63, 3.8) is 0 Å². The van der Waals surface area contributed by atoms with Crippen molar-refractivity contribution in [2.45, 2.75) is 96.4 Å². The van der Waals surface area contributed by atoms with Crippen LogP contribution in [0, 0.1) is 0 Å². The SMILES string of the molecule is CCCCCCCCCCCCC(N)CCC(=O)Nc1ccccc1C(=O)O. The van der Waals surface area contributed by atoms with Crippen LogP contribution in [-0.4, -0.2) is 23.0 Å². The lowest BCUT2D eigenvalue weighted by Crippen LogP contribution is -2.23. The van der Waals surface area contributed by atoms with Crippen LogP contribution in [0.1, 0.15) is 101 Å². The van der Waals surface area contributed by atoms with Crippen LogP contribution in [0.3, 0.4) is 0 Å². The summed E-state index contributed by atoms with van der Waals surface area (Å²) < 4.78 is 0. The van der Waals surface area contributed by atoms with Crippen molar-refractivity contribution in [3.05, 3.63) is 29.8 Å². The summed E-state index contributed by atoms with van der Waals surface area (Å²) in [5, 5.41) is 11.8. The molecule has 0 aliphatic heterocycles. The van der Waals surface area contributed by atoms with Gasteiger partial charge in [0.05, 0.1) is 11.3 Å². The second-order valence-electron chi connectivity index (χ2n) is 7.67. The first-order valence-corrected chi connectivity index (χ1v) is 10.9. The average Bonchev–Trinajstić information content (AvgIpc) is 2.68. The maximum Gasteiger partial charge on any atom is 0.337 e. The number of aromatic carboxylic acids is 1. The zero-order chi connectivity index (χ0) is 20.6. The molecule has 0 saturated carbocycles. The van der Waals surface area contributed by atoms with Gasteiger partial charge >= 0.3 is 5.97 Å². The van der Waals surface area contributed by atoms with Gasteiger partial charge in [0.2, 0.25) is 5.91 Å². The fourth-order valence-corrected chi connectivity index (χ4v) is 3.35. The molecular weight excluding hydrogens is 352 g/mol. The fourth-order valence-electron chi connectivity index (χ4n) is 3.35. The monoisotopic (exact) mass is 390 g/mol. The molecule has 1 aromatic rings. The quantitative estimate of drug-likeness (QED) is 0.314. The fraction of sp³-hybridized carbons (Fsp3) is 0.652. The number of carboxylic acids is 1. The van der Waals surface area contributed by atoms with Gasteiger partial charge < -0.3 is 16.2 Å². The van der Waals surface area contributed by atoms with E-state index in [-0.39, 0.29) is 17.5 Å². The lowest BCUT2D eigenvalue weighted by molar-refractivity contribution is -0.116. The molecule has 0 fully saturated rings. The van der Waals surface area contributed by atoms with Crippen molar-refractivity contribution in [2.75, 3.05) is 5.32 Å². The Kier molecular flexibility index (Phi) is 13.0. The Morgan fingerprint density at radius 3 is 2.11 bits per heavy atom. The van der Waals surface area contributed by atoms with Crippen LogP contribution in [0.2, 0.25) is 0 Å². The van der Waals surface area contributed by atoms with Crippen molar-refractivity contribution < 1.29 is 14.7 Å². The first-order chi connectivity index (χ1) is 13.5. The van der Waals surface area contributed by atoms with Gasteiger partial charge in [0.25, 0.3) is 0 Å². The number of nitrogens with two attached hydrogens (primary N) is 1. The summed E-state index contributed by atoms with van der Waals surface area (Å²) in [6, 6.07) is 6.45. The average molecular weight is 391 g/mol. The molecule has 158 valence electrons. The lowest BCUT2D eigenvalue weighted by atomic mass is 10.0. The molecule has 5 nitrogen and oxygen atoms in total. The molecule has 1 amide bonds. The van der Waals surface area contributed by atoms with Crippen LogP contribution >= 0.6 is 0 Å². The van der Waals surface area contributed by atoms with Crippen LogP contribution in [0.25, 0.3) is 0 Å². The molecule has 1 aromatic carbocycles. The van der Waals surface area contributed by atoms with Gasteiger partial charge in [0.1, 0.15) is 0 Å². The molecule has 0 spiro atoms. The molecule has 0 aliphatic rings. The van der Waals surface area contributed by atoms with E-state index in [1.807, 2.05) is 0 Å². The van der Waals surface area contributed by atoms with Gasteiger partial charge in [-0.2, -0.15) is 0 Å². The maximum absolute atomic E-state index is 12.1. The number of hydrogen-bond acceptors (Lipinski definition) is 3. The Morgan fingerprint density at radius 1 is 0.929 bits per heavy atom. The molecule has 0 aromatic heterocycles. The van der Waals surface area contributed by atoms with Gasteiger partial charge in [-0.05, 0) is 25.0 Å². The molecule has 1 rings (SSSR count). The smallest absolute Gasteiger partial charge is 0.337 e. The summed E-state index contributed by atoms with van der Waals surface area (Å²) in [5.41, 5.74) is 6.57. The largest absolute Gasteiger partial charge is 0.478 e. The second kappa shape index (κ2) is 15.1. The molecule has 0 saturated heterocycles. The maximum atomic E-state index is 12.1. The predicted octanol–water partition coefficient (Wildman–Crippen LogP) is 5.74. The van der Waals surface area contributed by atoms with E-state index in [1.165, 1.54) is 63.9 Å². The van der Waals surface area contributed by atoms with E-state index in [0.29, 0.717) is 18.5 Å². The van der Waals surface area contributed by atoms with E-state index in [1.54, 1.807) is 18.2 Å². The summed E-state index contributed by atoms with van der Waals surface area (Å²) in [7, 11) is 0. The lowest BCUT2D eigenvalue weighted by Gasteiger charge is -2.12. The summed E-state index contributed by atoms with van der Waals surface area (Å²) in [4.78, 5) is 23.2. The highest BCUT2D eigenvalue weighted by molar-refractivity contribution is 6.00. The molecule has 0 radical (unpaired) electrons. The molecule has 0 heterocycles. The minimum absolute atomic E-state index is 0.0227. The number of hydrogen-bond donors (Lipinski definition) is 3. The molecule has 1 unspecified atom stereocenters. The van der Waals surface area contributed by atoms with Gasteiger partial charge in [-0.1, -0.05) is 83.3 Å². The first kappa shape index (κ1) is 24.2. The van der Waals surface area contributed by atoms with Crippen LogP contribution in [-0.2, 0) is 4.79 Å². The normalized spacial score (nSPS) is 11.9. The Balaban J connectivity index is 2.08.